The molecule has 3 nitrogen and oxygen atoms in total. The van der Waals surface area contributed by atoms with Crippen LogP contribution in [-0.2, 0) is 0 Å². The van der Waals surface area contributed by atoms with E-state index in [0.717, 1.165) is 9.26 Å². The number of aromatic nitrogens is 2. The summed E-state index contributed by atoms with van der Waals surface area (Å²) in [5, 5.41) is 3.17. The smallest absolute Gasteiger partial charge is 0.227 e. The summed E-state index contributed by atoms with van der Waals surface area (Å²) in [6.45, 7) is 2.05. The molecule has 15 heavy (non-hydrogen) atoms. The third-order valence-corrected chi connectivity index (χ3v) is 2.57. The third kappa shape index (κ3) is 2.65. The fraction of sp³-hybridized carbons (Fsp3) is 0.0909. The fourth-order valence-corrected chi connectivity index (χ4v) is 1.49. The van der Waals surface area contributed by atoms with E-state index in [-0.39, 0.29) is 0 Å². The van der Waals surface area contributed by atoms with Crippen molar-refractivity contribution >= 4 is 34.2 Å². The van der Waals surface area contributed by atoms with E-state index in [1.54, 1.807) is 12.4 Å². The van der Waals surface area contributed by atoms with Gasteiger partial charge in [-0.3, -0.25) is 0 Å². The van der Waals surface area contributed by atoms with E-state index in [4.69, 9.17) is 0 Å². The van der Waals surface area contributed by atoms with Gasteiger partial charge in [0.15, 0.2) is 0 Å². The summed E-state index contributed by atoms with van der Waals surface area (Å²) in [7, 11) is 0. The van der Waals surface area contributed by atoms with Gasteiger partial charge in [0.25, 0.3) is 0 Å². The van der Waals surface area contributed by atoms with Crippen molar-refractivity contribution < 1.29 is 0 Å². The third-order valence-electron chi connectivity index (χ3n) is 2.01. The van der Waals surface area contributed by atoms with Gasteiger partial charge in [-0.1, -0.05) is 18.2 Å². The number of halogens is 1. The van der Waals surface area contributed by atoms with Gasteiger partial charge in [-0.05, 0) is 41.1 Å². The first-order chi connectivity index (χ1) is 7.25. The van der Waals surface area contributed by atoms with Crippen molar-refractivity contribution in [3.05, 3.63) is 45.8 Å². The minimum Gasteiger partial charge on any atom is -0.324 e. The molecule has 1 heterocycles. The van der Waals surface area contributed by atoms with Crippen LogP contribution in [0.5, 0.6) is 0 Å². The van der Waals surface area contributed by atoms with Crippen molar-refractivity contribution in [3.8, 4) is 0 Å². The first-order valence-corrected chi connectivity index (χ1v) is 5.64. The van der Waals surface area contributed by atoms with E-state index >= 15 is 0 Å². The highest BCUT2D eigenvalue weighted by Gasteiger charge is 1.99. The molecule has 0 saturated carbocycles. The van der Waals surface area contributed by atoms with Crippen LogP contribution in [0.3, 0.4) is 0 Å². The SMILES string of the molecule is Cc1ccccc1Nc1ncc(I)cn1. The van der Waals surface area contributed by atoms with Gasteiger partial charge in [0.2, 0.25) is 5.95 Å². The molecule has 0 spiro atoms. The maximum atomic E-state index is 4.18. The molecular formula is C11H10IN3. The van der Waals surface area contributed by atoms with E-state index in [2.05, 4.69) is 50.9 Å². The molecule has 0 aliphatic rings. The van der Waals surface area contributed by atoms with Crippen molar-refractivity contribution in [1.82, 2.24) is 9.97 Å². The summed E-state index contributed by atoms with van der Waals surface area (Å²) in [6, 6.07) is 8.06. The van der Waals surface area contributed by atoms with Crippen molar-refractivity contribution in [1.29, 1.82) is 0 Å². The number of benzene rings is 1. The van der Waals surface area contributed by atoms with Gasteiger partial charge in [0.05, 0.1) is 0 Å². The van der Waals surface area contributed by atoms with Gasteiger partial charge in [-0.15, -0.1) is 0 Å². The summed E-state index contributed by atoms with van der Waals surface area (Å²) in [6.07, 6.45) is 3.57. The second kappa shape index (κ2) is 4.57. The summed E-state index contributed by atoms with van der Waals surface area (Å²) in [5.41, 5.74) is 2.22. The molecule has 0 saturated heterocycles. The first kappa shape index (κ1) is 10.4. The van der Waals surface area contributed by atoms with E-state index in [9.17, 15) is 0 Å². The van der Waals surface area contributed by atoms with Crippen LogP contribution >= 0.6 is 22.6 Å². The van der Waals surface area contributed by atoms with E-state index < -0.39 is 0 Å². The molecule has 0 fully saturated rings. The van der Waals surface area contributed by atoms with Crippen LogP contribution in [0.15, 0.2) is 36.7 Å². The summed E-state index contributed by atoms with van der Waals surface area (Å²) in [5.74, 6) is 0.629. The standard InChI is InChI=1S/C11H10IN3/c1-8-4-2-3-5-10(8)15-11-13-6-9(12)7-14-11/h2-7H,1H3,(H,13,14,15). The van der Waals surface area contributed by atoms with Gasteiger partial charge < -0.3 is 5.32 Å². The van der Waals surface area contributed by atoms with Gasteiger partial charge in [-0.25, -0.2) is 9.97 Å². The van der Waals surface area contributed by atoms with Crippen molar-refractivity contribution in [3.63, 3.8) is 0 Å². The molecule has 0 amide bonds. The average Bonchev–Trinajstić information content (AvgIpc) is 2.25. The predicted molar refractivity (Wildman–Crippen MR) is 69.2 cm³/mol. The zero-order chi connectivity index (χ0) is 10.7. The second-order valence-electron chi connectivity index (χ2n) is 3.16. The molecule has 1 aromatic heterocycles. The van der Waals surface area contributed by atoms with Crippen LogP contribution in [0, 0.1) is 10.5 Å². The maximum absolute atomic E-state index is 4.18. The second-order valence-corrected chi connectivity index (χ2v) is 4.41. The Morgan fingerprint density at radius 1 is 1.13 bits per heavy atom. The van der Waals surface area contributed by atoms with Crippen LogP contribution in [0.2, 0.25) is 0 Å². The molecule has 0 aliphatic carbocycles. The van der Waals surface area contributed by atoms with Crippen LogP contribution in [0.1, 0.15) is 5.56 Å². The molecule has 0 bridgehead atoms. The Kier molecular flexibility index (Phi) is 3.15. The lowest BCUT2D eigenvalue weighted by molar-refractivity contribution is 1.15. The summed E-state index contributed by atoms with van der Waals surface area (Å²) >= 11 is 2.18. The number of anilines is 2. The molecule has 0 unspecified atom stereocenters. The molecule has 2 rings (SSSR count). The van der Waals surface area contributed by atoms with Crippen LogP contribution in [0.4, 0.5) is 11.6 Å². The van der Waals surface area contributed by atoms with Gasteiger partial charge >= 0.3 is 0 Å². The fourth-order valence-electron chi connectivity index (χ4n) is 1.21. The van der Waals surface area contributed by atoms with Crippen LogP contribution in [-0.4, -0.2) is 9.97 Å². The Morgan fingerprint density at radius 2 is 1.80 bits per heavy atom. The Morgan fingerprint density at radius 3 is 2.47 bits per heavy atom. The molecule has 76 valence electrons. The van der Waals surface area contributed by atoms with Gasteiger partial charge in [-0.2, -0.15) is 0 Å². The molecule has 1 N–H and O–H groups in total. The normalized spacial score (nSPS) is 10.0. The van der Waals surface area contributed by atoms with Crippen LogP contribution in [0.25, 0.3) is 0 Å². The summed E-state index contributed by atoms with van der Waals surface area (Å²) in [4.78, 5) is 8.37. The highest BCUT2D eigenvalue weighted by molar-refractivity contribution is 14.1. The Bertz CT molecular complexity index is 454. The zero-order valence-electron chi connectivity index (χ0n) is 8.24. The largest absolute Gasteiger partial charge is 0.324 e. The number of hydrogen-bond acceptors (Lipinski definition) is 3. The molecule has 1 aromatic carbocycles. The highest BCUT2D eigenvalue weighted by atomic mass is 127. The molecule has 2 aromatic rings. The molecule has 0 radical (unpaired) electrons. The van der Waals surface area contributed by atoms with E-state index in [0.29, 0.717) is 5.95 Å². The highest BCUT2D eigenvalue weighted by Crippen LogP contribution is 2.16. The number of para-hydroxylation sites is 1. The quantitative estimate of drug-likeness (QED) is 0.866. The lowest BCUT2D eigenvalue weighted by atomic mass is 10.2. The number of nitrogens with zero attached hydrogens (tertiary/aromatic N) is 2. The topological polar surface area (TPSA) is 37.8 Å². The van der Waals surface area contributed by atoms with E-state index in [1.807, 2.05) is 18.2 Å². The summed E-state index contributed by atoms with van der Waals surface area (Å²) < 4.78 is 1.03. The maximum Gasteiger partial charge on any atom is 0.227 e. The minimum absolute atomic E-state index is 0.629. The monoisotopic (exact) mass is 311 g/mol. The Hall–Kier alpha value is -1.17. The molecule has 0 atom stereocenters. The van der Waals surface area contributed by atoms with Crippen molar-refractivity contribution in [2.45, 2.75) is 6.92 Å². The number of rotatable bonds is 2. The molecule has 4 heteroatoms. The average molecular weight is 311 g/mol. The Balaban J connectivity index is 2.22. The molecular weight excluding hydrogens is 301 g/mol. The molecule has 0 aliphatic heterocycles. The van der Waals surface area contributed by atoms with Crippen LogP contribution < -0.4 is 5.32 Å². The minimum atomic E-state index is 0.629. The number of nitrogens with one attached hydrogen (secondary N) is 1. The lowest BCUT2D eigenvalue weighted by Crippen LogP contribution is -1.98. The van der Waals surface area contributed by atoms with Gasteiger partial charge in [0.1, 0.15) is 0 Å². The first-order valence-electron chi connectivity index (χ1n) is 4.56. The lowest BCUT2D eigenvalue weighted by Gasteiger charge is -2.06. The number of aryl methyl sites for hydroxylation is 1. The zero-order valence-corrected chi connectivity index (χ0v) is 10.4. The van der Waals surface area contributed by atoms with Crippen molar-refractivity contribution in [2.24, 2.45) is 0 Å². The Labute approximate surface area is 102 Å². The number of hydrogen-bond donors (Lipinski definition) is 1. The van der Waals surface area contributed by atoms with Gasteiger partial charge in [0, 0.05) is 21.7 Å². The van der Waals surface area contributed by atoms with Crippen molar-refractivity contribution in [2.75, 3.05) is 5.32 Å². The van der Waals surface area contributed by atoms with E-state index in [1.165, 1.54) is 5.56 Å². The predicted octanol–water partition coefficient (Wildman–Crippen LogP) is 3.13.